The minimum absolute atomic E-state index is 0. The van der Waals surface area contributed by atoms with Gasteiger partial charge in [-0.1, -0.05) is 17.7 Å². The third-order valence-electron chi connectivity index (χ3n) is 3.66. The fourth-order valence-corrected chi connectivity index (χ4v) is 2.32. The first-order chi connectivity index (χ1) is 12.3. The maximum Gasteiger partial charge on any atom is 0.344 e. The number of aromatic nitrogens is 1. The summed E-state index contributed by atoms with van der Waals surface area (Å²) in [5.41, 5.74) is 1.87. The highest BCUT2D eigenvalue weighted by Crippen LogP contribution is 2.18. The van der Waals surface area contributed by atoms with E-state index in [2.05, 4.69) is 10.3 Å². The van der Waals surface area contributed by atoms with Crippen molar-refractivity contribution in [2.24, 2.45) is 0 Å². The van der Waals surface area contributed by atoms with E-state index in [0.717, 1.165) is 11.1 Å². The zero-order valence-electron chi connectivity index (χ0n) is 15.9. The van der Waals surface area contributed by atoms with Gasteiger partial charge in [0.2, 0.25) is 0 Å². The number of esters is 1. The van der Waals surface area contributed by atoms with Gasteiger partial charge in [0.1, 0.15) is 12.4 Å². The van der Waals surface area contributed by atoms with E-state index < -0.39 is 11.5 Å². The fourth-order valence-electron chi connectivity index (χ4n) is 2.32. The number of pyridine rings is 1. The summed E-state index contributed by atoms with van der Waals surface area (Å²) in [6.45, 7) is 7.34. The molecule has 0 aliphatic carbocycles. The maximum absolute atomic E-state index is 12.2. The third kappa shape index (κ3) is 7.27. The summed E-state index contributed by atoms with van der Waals surface area (Å²) in [6, 6.07) is 8.98. The molecular formula is C20H25ClN2O4. The molecule has 0 saturated carbocycles. The number of nitrogens with zero attached hydrogens (tertiary/aromatic N) is 1. The molecular weight excluding hydrogens is 368 g/mol. The Morgan fingerprint density at radius 3 is 2.41 bits per heavy atom. The van der Waals surface area contributed by atoms with Crippen molar-refractivity contribution in [1.82, 2.24) is 10.3 Å². The van der Waals surface area contributed by atoms with Crippen LogP contribution in [0.15, 0.2) is 42.7 Å². The standard InChI is InChI=1S/C20H24N2O4.ClH/c1-14-5-6-17(15(2)11-14)25-12-18(23)26-13-20(3,4)22-19(24)16-7-9-21-10-8-16;/h5-11H,12-13H2,1-4H3,(H,22,24);1H. The van der Waals surface area contributed by atoms with Crippen molar-refractivity contribution < 1.29 is 19.1 Å². The number of rotatable bonds is 7. The Balaban J connectivity index is 0.00000364. The number of hydrogen-bond acceptors (Lipinski definition) is 5. The number of aryl methyl sites for hydroxylation is 2. The van der Waals surface area contributed by atoms with Crippen LogP contribution in [0.3, 0.4) is 0 Å². The predicted octanol–water partition coefficient (Wildman–Crippen LogP) is 3.25. The van der Waals surface area contributed by atoms with E-state index in [0.29, 0.717) is 11.3 Å². The van der Waals surface area contributed by atoms with E-state index in [1.54, 1.807) is 38.4 Å². The molecule has 146 valence electrons. The average molecular weight is 393 g/mol. The monoisotopic (exact) mass is 392 g/mol. The summed E-state index contributed by atoms with van der Waals surface area (Å²) >= 11 is 0. The first-order valence-corrected chi connectivity index (χ1v) is 8.35. The van der Waals surface area contributed by atoms with Crippen molar-refractivity contribution in [1.29, 1.82) is 0 Å². The molecule has 0 unspecified atom stereocenters. The van der Waals surface area contributed by atoms with Crippen LogP contribution in [0.2, 0.25) is 0 Å². The lowest BCUT2D eigenvalue weighted by molar-refractivity contribution is -0.147. The van der Waals surface area contributed by atoms with Gasteiger partial charge in [-0.15, -0.1) is 12.4 Å². The first kappa shape index (κ1) is 22.4. The SMILES string of the molecule is Cc1ccc(OCC(=O)OCC(C)(C)NC(=O)c2ccncc2)c(C)c1.Cl. The van der Waals surface area contributed by atoms with E-state index in [9.17, 15) is 9.59 Å². The molecule has 6 nitrogen and oxygen atoms in total. The molecule has 0 spiro atoms. The normalized spacial score (nSPS) is 10.5. The molecule has 0 aliphatic heterocycles. The van der Waals surface area contributed by atoms with Gasteiger partial charge in [-0.3, -0.25) is 9.78 Å². The van der Waals surface area contributed by atoms with Gasteiger partial charge in [-0.25, -0.2) is 4.79 Å². The minimum atomic E-state index is -0.713. The topological polar surface area (TPSA) is 77.5 Å². The van der Waals surface area contributed by atoms with Crippen LogP contribution in [0.4, 0.5) is 0 Å². The van der Waals surface area contributed by atoms with Crippen LogP contribution in [0.1, 0.15) is 35.3 Å². The fraction of sp³-hybridized carbons (Fsp3) is 0.350. The van der Waals surface area contributed by atoms with Gasteiger partial charge in [0.25, 0.3) is 5.91 Å². The number of ether oxygens (including phenoxy) is 2. The lowest BCUT2D eigenvalue weighted by Crippen LogP contribution is -2.47. The van der Waals surface area contributed by atoms with E-state index in [1.807, 2.05) is 32.0 Å². The van der Waals surface area contributed by atoms with Gasteiger partial charge in [-0.05, 0) is 51.5 Å². The van der Waals surface area contributed by atoms with Crippen molar-refractivity contribution in [3.8, 4) is 5.75 Å². The van der Waals surface area contributed by atoms with Crippen molar-refractivity contribution >= 4 is 24.3 Å². The van der Waals surface area contributed by atoms with Crippen molar-refractivity contribution in [2.75, 3.05) is 13.2 Å². The van der Waals surface area contributed by atoms with E-state index in [-0.39, 0.29) is 31.5 Å². The van der Waals surface area contributed by atoms with Gasteiger partial charge >= 0.3 is 5.97 Å². The second-order valence-electron chi connectivity index (χ2n) is 6.79. The summed E-state index contributed by atoms with van der Waals surface area (Å²) in [7, 11) is 0. The Morgan fingerprint density at radius 1 is 1.11 bits per heavy atom. The van der Waals surface area contributed by atoms with Gasteiger partial charge in [0.05, 0.1) is 5.54 Å². The highest BCUT2D eigenvalue weighted by Gasteiger charge is 2.23. The zero-order valence-corrected chi connectivity index (χ0v) is 16.8. The van der Waals surface area contributed by atoms with Crippen LogP contribution in [-0.2, 0) is 9.53 Å². The molecule has 27 heavy (non-hydrogen) atoms. The van der Waals surface area contributed by atoms with Crippen molar-refractivity contribution in [2.45, 2.75) is 33.2 Å². The molecule has 1 aromatic heterocycles. The third-order valence-corrected chi connectivity index (χ3v) is 3.66. The maximum atomic E-state index is 12.2. The van der Waals surface area contributed by atoms with Crippen LogP contribution in [0.25, 0.3) is 0 Å². The number of amides is 1. The molecule has 1 aromatic carbocycles. The molecule has 2 rings (SSSR count). The van der Waals surface area contributed by atoms with Crippen LogP contribution in [0.5, 0.6) is 5.75 Å². The van der Waals surface area contributed by atoms with Crippen molar-refractivity contribution in [3.05, 3.63) is 59.4 Å². The lowest BCUT2D eigenvalue weighted by atomic mass is 10.1. The Hall–Kier alpha value is -2.60. The predicted molar refractivity (Wildman–Crippen MR) is 105 cm³/mol. The molecule has 0 fully saturated rings. The summed E-state index contributed by atoms with van der Waals surface area (Å²) < 4.78 is 10.7. The molecule has 2 aromatic rings. The largest absolute Gasteiger partial charge is 0.482 e. The Morgan fingerprint density at radius 2 is 1.78 bits per heavy atom. The van der Waals surface area contributed by atoms with Crippen LogP contribution >= 0.6 is 12.4 Å². The molecule has 1 heterocycles. The summed E-state index contributed by atoms with van der Waals surface area (Å²) in [4.78, 5) is 28.0. The molecule has 7 heteroatoms. The zero-order chi connectivity index (χ0) is 19.2. The van der Waals surface area contributed by atoms with E-state index in [1.165, 1.54) is 0 Å². The Kier molecular flexibility index (Phi) is 8.25. The van der Waals surface area contributed by atoms with Crippen LogP contribution < -0.4 is 10.1 Å². The number of nitrogens with one attached hydrogen (secondary N) is 1. The molecule has 0 aliphatic rings. The quantitative estimate of drug-likeness (QED) is 0.732. The lowest BCUT2D eigenvalue weighted by Gasteiger charge is -2.25. The van der Waals surface area contributed by atoms with E-state index in [4.69, 9.17) is 9.47 Å². The molecule has 0 atom stereocenters. The average Bonchev–Trinajstić information content (AvgIpc) is 2.60. The highest BCUT2D eigenvalue weighted by atomic mass is 35.5. The number of carbonyl (C=O) groups excluding carboxylic acids is 2. The van der Waals surface area contributed by atoms with Crippen LogP contribution in [0, 0.1) is 13.8 Å². The Bertz CT molecular complexity index is 779. The second-order valence-corrected chi connectivity index (χ2v) is 6.79. The number of carbonyl (C=O) groups is 2. The number of hydrogen-bond donors (Lipinski definition) is 1. The van der Waals surface area contributed by atoms with Crippen LogP contribution in [-0.4, -0.2) is 35.6 Å². The molecule has 1 N–H and O–H groups in total. The second kappa shape index (κ2) is 9.92. The van der Waals surface area contributed by atoms with Gasteiger partial charge < -0.3 is 14.8 Å². The molecule has 0 saturated heterocycles. The van der Waals surface area contributed by atoms with Gasteiger partial charge in [0.15, 0.2) is 6.61 Å². The summed E-state index contributed by atoms with van der Waals surface area (Å²) in [6.07, 6.45) is 3.10. The molecule has 1 amide bonds. The smallest absolute Gasteiger partial charge is 0.344 e. The van der Waals surface area contributed by atoms with E-state index >= 15 is 0 Å². The number of halogens is 1. The highest BCUT2D eigenvalue weighted by molar-refractivity contribution is 5.94. The van der Waals surface area contributed by atoms with Gasteiger partial charge in [-0.2, -0.15) is 0 Å². The number of benzene rings is 1. The first-order valence-electron chi connectivity index (χ1n) is 8.35. The molecule has 0 radical (unpaired) electrons. The Labute approximate surface area is 165 Å². The molecule has 0 bridgehead atoms. The summed E-state index contributed by atoms with van der Waals surface area (Å²) in [5.74, 6) is -0.0889. The van der Waals surface area contributed by atoms with Crippen molar-refractivity contribution in [3.63, 3.8) is 0 Å². The summed E-state index contributed by atoms with van der Waals surface area (Å²) in [5, 5.41) is 2.83. The van der Waals surface area contributed by atoms with Gasteiger partial charge in [0, 0.05) is 18.0 Å². The minimum Gasteiger partial charge on any atom is -0.482 e.